The second-order valence-electron chi connectivity index (χ2n) is 5.12. The third-order valence-corrected chi connectivity index (χ3v) is 1.99. The van der Waals surface area contributed by atoms with Crippen molar-refractivity contribution in [2.75, 3.05) is 0 Å². The van der Waals surface area contributed by atoms with Crippen LogP contribution in [0.2, 0.25) is 0 Å². The van der Waals surface area contributed by atoms with E-state index < -0.39 is 0 Å². The molecule has 0 N–H and O–H groups in total. The van der Waals surface area contributed by atoms with Crippen molar-refractivity contribution in [3.05, 3.63) is 0 Å². The number of Topliss-reactive ketones (excluding diaryl/α,β-unsaturated/α-hetero) is 1. The topological polar surface area (TPSA) is 29.4 Å². The second-order valence-corrected chi connectivity index (χ2v) is 5.12. The highest BCUT2D eigenvalue weighted by Gasteiger charge is 2.19. The first kappa shape index (κ1) is 13.3. The van der Waals surface area contributed by atoms with Gasteiger partial charge in [0.2, 0.25) is 0 Å². The van der Waals surface area contributed by atoms with Crippen molar-refractivity contribution in [3.8, 4) is 0 Å². The molecule has 0 bridgehead atoms. The van der Waals surface area contributed by atoms with Crippen molar-refractivity contribution in [2.24, 2.45) is 10.4 Å². The summed E-state index contributed by atoms with van der Waals surface area (Å²) in [5.41, 5.74) is 1.24. The maximum Gasteiger partial charge on any atom is 0.130 e. The van der Waals surface area contributed by atoms with Crippen molar-refractivity contribution in [1.82, 2.24) is 0 Å². The molecule has 0 aromatic rings. The van der Waals surface area contributed by atoms with Crippen molar-refractivity contribution in [3.63, 3.8) is 0 Å². The minimum atomic E-state index is 0.0831. The maximum atomic E-state index is 10.9. The van der Waals surface area contributed by atoms with E-state index in [0.717, 1.165) is 12.1 Å². The maximum absolute atomic E-state index is 10.9. The number of hydrogen-bond donors (Lipinski definition) is 0. The van der Waals surface area contributed by atoms with E-state index in [1.807, 2.05) is 0 Å². The molecule has 0 aromatic carbocycles. The molecule has 14 heavy (non-hydrogen) atoms. The molecule has 0 unspecified atom stereocenters. The summed E-state index contributed by atoms with van der Waals surface area (Å²) in [7, 11) is 0. The Hall–Kier alpha value is -0.660. The highest BCUT2D eigenvalue weighted by molar-refractivity contribution is 5.92. The molecule has 0 saturated heterocycles. The zero-order chi connectivity index (χ0) is 11.4. The summed E-state index contributed by atoms with van der Waals surface area (Å²) in [6, 6.07) is 0.316. The molecule has 0 amide bonds. The quantitative estimate of drug-likeness (QED) is 0.636. The van der Waals surface area contributed by atoms with Crippen LogP contribution in [0.25, 0.3) is 0 Å². The number of aliphatic imine (C=N–C) groups is 1. The lowest BCUT2D eigenvalue weighted by atomic mass is 9.86. The lowest BCUT2D eigenvalue weighted by molar-refractivity contribution is -0.116. The van der Waals surface area contributed by atoms with Crippen LogP contribution in [0.3, 0.4) is 0 Å². The summed E-state index contributed by atoms with van der Waals surface area (Å²) < 4.78 is 0. The van der Waals surface area contributed by atoms with Crippen LogP contribution >= 0.6 is 0 Å². The molecule has 0 radical (unpaired) electrons. The first-order valence-corrected chi connectivity index (χ1v) is 5.30. The average Bonchev–Trinajstić information content (AvgIpc) is 1.94. The molecule has 0 spiro atoms. The highest BCUT2D eigenvalue weighted by Crippen LogP contribution is 2.20. The zero-order valence-electron chi connectivity index (χ0n) is 10.3. The predicted molar refractivity (Wildman–Crippen MR) is 61.9 cm³/mol. The Balaban J connectivity index is 4.50. The smallest absolute Gasteiger partial charge is 0.130 e. The van der Waals surface area contributed by atoms with Gasteiger partial charge in [0.1, 0.15) is 5.78 Å². The lowest BCUT2D eigenvalue weighted by Gasteiger charge is -2.22. The van der Waals surface area contributed by atoms with E-state index >= 15 is 0 Å². The van der Waals surface area contributed by atoms with Gasteiger partial charge in [0.15, 0.2) is 0 Å². The van der Waals surface area contributed by atoms with Gasteiger partial charge in [-0.1, -0.05) is 20.8 Å². The van der Waals surface area contributed by atoms with E-state index in [2.05, 4.69) is 39.6 Å². The molecule has 0 saturated carbocycles. The summed E-state index contributed by atoms with van der Waals surface area (Å²) in [4.78, 5) is 15.5. The second kappa shape index (κ2) is 5.28. The molecular formula is C12H23NO. The van der Waals surface area contributed by atoms with E-state index in [4.69, 9.17) is 0 Å². The fourth-order valence-corrected chi connectivity index (χ4v) is 1.24. The van der Waals surface area contributed by atoms with Gasteiger partial charge in [-0.25, -0.2) is 0 Å². The van der Waals surface area contributed by atoms with E-state index in [-0.39, 0.29) is 11.2 Å². The van der Waals surface area contributed by atoms with Gasteiger partial charge in [0.05, 0.1) is 0 Å². The Morgan fingerprint density at radius 3 is 2.00 bits per heavy atom. The van der Waals surface area contributed by atoms with E-state index in [1.165, 1.54) is 0 Å². The summed E-state index contributed by atoms with van der Waals surface area (Å²) >= 11 is 0. The molecule has 0 atom stereocenters. The molecule has 0 aliphatic rings. The van der Waals surface area contributed by atoms with Gasteiger partial charge in [-0.15, -0.1) is 0 Å². The Morgan fingerprint density at radius 2 is 1.71 bits per heavy atom. The number of nitrogens with zero attached hydrogens (tertiary/aromatic N) is 1. The van der Waals surface area contributed by atoms with Crippen LogP contribution in [0.15, 0.2) is 4.99 Å². The molecule has 0 fully saturated rings. The molecular weight excluding hydrogens is 174 g/mol. The van der Waals surface area contributed by atoms with E-state index in [0.29, 0.717) is 12.5 Å². The summed E-state index contributed by atoms with van der Waals surface area (Å²) in [6.07, 6.45) is 1.42. The number of hydrogen-bond acceptors (Lipinski definition) is 2. The third-order valence-electron chi connectivity index (χ3n) is 1.99. The fourth-order valence-electron chi connectivity index (χ4n) is 1.24. The van der Waals surface area contributed by atoms with Crippen LogP contribution in [0.1, 0.15) is 54.4 Å². The summed E-state index contributed by atoms with van der Waals surface area (Å²) in [6.45, 7) is 12.2. The van der Waals surface area contributed by atoms with Crippen LogP contribution < -0.4 is 0 Å². The molecule has 2 heteroatoms. The summed E-state index contributed by atoms with van der Waals surface area (Å²) in [5.74, 6) is 0.241. The molecule has 0 rings (SSSR count). The molecule has 0 aromatic heterocycles. The predicted octanol–water partition coefficient (Wildman–Crippen LogP) is 3.25. The summed E-state index contributed by atoms with van der Waals surface area (Å²) in [5, 5.41) is 0. The SMILES string of the molecule is CC(=O)CCC(=NC(C)C)C(C)(C)C. The monoisotopic (exact) mass is 197 g/mol. The van der Waals surface area contributed by atoms with Gasteiger partial charge in [-0.3, -0.25) is 4.99 Å². The molecule has 82 valence electrons. The number of ketones is 1. The molecule has 0 aliphatic carbocycles. The van der Waals surface area contributed by atoms with Gasteiger partial charge < -0.3 is 4.79 Å². The Morgan fingerprint density at radius 1 is 1.21 bits per heavy atom. The standard InChI is InChI=1S/C12H23NO/c1-9(2)13-11(12(4,5)6)8-7-10(3)14/h9H,7-8H2,1-6H3. The van der Waals surface area contributed by atoms with Crippen molar-refractivity contribution >= 4 is 11.5 Å². The van der Waals surface area contributed by atoms with Gasteiger partial charge in [0.25, 0.3) is 0 Å². The van der Waals surface area contributed by atoms with Crippen molar-refractivity contribution in [1.29, 1.82) is 0 Å². The third kappa shape index (κ3) is 5.90. The highest BCUT2D eigenvalue weighted by atomic mass is 16.1. The Kier molecular flexibility index (Phi) is 5.03. The Bertz CT molecular complexity index is 221. The van der Waals surface area contributed by atoms with Crippen molar-refractivity contribution < 1.29 is 4.79 Å². The van der Waals surface area contributed by atoms with Gasteiger partial charge in [0, 0.05) is 18.2 Å². The minimum absolute atomic E-state index is 0.0831. The van der Waals surface area contributed by atoms with Crippen LogP contribution in [-0.4, -0.2) is 17.5 Å². The molecule has 0 aliphatic heterocycles. The van der Waals surface area contributed by atoms with Crippen LogP contribution in [-0.2, 0) is 4.79 Å². The Labute approximate surface area is 87.8 Å². The average molecular weight is 197 g/mol. The van der Waals surface area contributed by atoms with Gasteiger partial charge in [-0.2, -0.15) is 0 Å². The number of rotatable bonds is 4. The fraction of sp³-hybridized carbons (Fsp3) is 0.833. The van der Waals surface area contributed by atoms with Crippen molar-refractivity contribution in [2.45, 2.75) is 60.4 Å². The largest absolute Gasteiger partial charge is 0.300 e. The molecule has 0 heterocycles. The van der Waals surface area contributed by atoms with E-state index in [9.17, 15) is 4.79 Å². The molecule has 2 nitrogen and oxygen atoms in total. The van der Waals surface area contributed by atoms with E-state index in [1.54, 1.807) is 6.92 Å². The number of carbonyl (C=O) groups excluding carboxylic acids is 1. The lowest BCUT2D eigenvalue weighted by Crippen LogP contribution is -2.22. The normalized spacial score (nSPS) is 13.5. The first-order chi connectivity index (χ1) is 6.23. The first-order valence-electron chi connectivity index (χ1n) is 5.30. The van der Waals surface area contributed by atoms with Crippen LogP contribution in [0, 0.1) is 5.41 Å². The number of carbonyl (C=O) groups is 1. The van der Waals surface area contributed by atoms with Crippen LogP contribution in [0.5, 0.6) is 0 Å². The van der Waals surface area contributed by atoms with Gasteiger partial charge >= 0.3 is 0 Å². The van der Waals surface area contributed by atoms with Crippen LogP contribution in [0.4, 0.5) is 0 Å². The zero-order valence-corrected chi connectivity index (χ0v) is 10.3. The van der Waals surface area contributed by atoms with Gasteiger partial charge in [-0.05, 0) is 32.6 Å². The minimum Gasteiger partial charge on any atom is -0.300 e.